The highest BCUT2D eigenvalue weighted by atomic mass is 16.8. The van der Waals surface area contributed by atoms with E-state index >= 15 is 0 Å². The van der Waals surface area contributed by atoms with Crippen molar-refractivity contribution >= 4 is 35.5 Å². The molecule has 3 rings (SSSR count). The van der Waals surface area contributed by atoms with Gasteiger partial charge in [0.25, 0.3) is 5.91 Å². The van der Waals surface area contributed by atoms with E-state index in [4.69, 9.17) is 14.2 Å². The predicted molar refractivity (Wildman–Crippen MR) is 195 cm³/mol. The summed E-state index contributed by atoms with van der Waals surface area (Å²) < 4.78 is 17.7. The van der Waals surface area contributed by atoms with E-state index in [0.717, 1.165) is 0 Å². The number of fused-ring (bicyclic) bond motifs is 1. The van der Waals surface area contributed by atoms with Gasteiger partial charge >= 0.3 is 6.09 Å². The second kappa shape index (κ2) is 17.4. The van der Waals surface area contributed by atoms with Crippen LogP contribution < -0.4 is 21.3 Å². The number of alkyl carbamates (subject to hydrolysis) is 1. The Labute approximate surface area is 312 Å². The van der Waals surface area contributed by atoms with Crippen LogP contribution in [0.25, 0.3) is 0 Å². The first-order valence-electron chi connectivity index (χ1n) is 18.2. The van der Waals surface area contributed by atoms with E-state index < -0.39 is 101 Å². The first-order chi connectivity index (χ1) is 24.5. The molecule has 1 aromatic rings. The molecule has 4 unspecified atom stereocenters. The zero-order valence-corrected chi connectivity index (χ0v) is 32.9. The summed E-state index contributed by atoms with van der Waals surface area (Å²) in [5, 5.41) is 21.7. The molecule has 1 aliphatic carbocycles. The predicted octanol–water partition coefficient (Wildman–Crippen LogP) is 2.36. The summed E-state index contributed by atoms with van der Waals surface area (Å²) in [6, 6.07) is 5.52. The lowest BCUT2D eigenvalue weighted by atomic mass is 9.77. The molecular weight excluding hydrogens is 686 g/mol. The molecule has 296 valence electrons. The average Bonchev–Trinajstić information content (AvgIpc) is 3.54. The van der Waals surface area contributed by atoms with Crippen LogP contribution in [0.2, 0.25) is 0 Å². The largest absolute Gasteiger partial charge is 0.444 e. The van der Waals surface area contributed by atoms with Crippen molar-refractivity contribution < 1.29 is 48.1 Å². The first-order valence-corrected chi connectivity index (χ1v) is 18.2. The molecule has 1 heterocycles. The number of carbonyl (C=O) groups is 6. The van der Waals surface area contributed by atoms with E-state index in [2.05, 4.69) is 21.3 Å². The standard InChI is InChI=1S/C38H59N5O10/c1-12-16-23(29(46)33(48)39-20-25(44)41-27(34(49)43(10)11)21-17-14-13-15-18-21)40-32(47)26-22(19-24-30(26)52-38(8,9)51-24)28(45)31(36(2,3)4)42-35(50)53-37(5,6)7/h13-15,17-18,22-24,26-27,29-31,46H,12,16,19-20H2,1-11H3,(H,39,48)(H,40,47)(H,41,44)(H,42,50)/t22?,23?,24-,26?,27?,29-,30-,31+/m0/s1. The molecule has 0 bridgehead atoms. The van der Waals surface area contributed by atoms with Gasteiger partial charge in [-0.2, -0.15) is 0 Å². The molecule has 1 aliphatic heterocycles. The molecule has 5 amide bonds. The van der Waals surface area contributed by atoms with Crippen molar-refractivity contribution in [3.05, 3.63) is 35.9 Å². The lowest BCUT2D eigenvalue weighted by Crippen LogP contribution is -2.56. The summed E-state index contributed by atoms with van der Waals surface area (Å²) in [5.41, 5.74) is -1.02. The summed E-state index contributed by atoms with van der Waals surface area (Å²) in [4.78, 5) is 81.6. The SMILES string of the molecule is CCCC(NC(=O)C1C(C(=O)[C@@H](NC(=O)OC(C)(C)C)C(C)(C)C)C[C@@H]2OC(C)(C)O[C@H]12)[C@H](O)C(=O)NCC(=O)NC(C(=O)N(C)C)c1ccccc1. The molecule has 8 atom stereocenters. The second-order valence-corrected chi connectivity index (χ2v) is 16.6. The Kier molecular flexibility index (Phi) is 14.2. The van der Waals surface area contributed by atoms with Crippen molar-refractivity contribution in [2.24, 2.45) is 17.3 Å². The maximum Gasteiger partial charge on any atom is 0.408 e. The van der Waals surface area contributed by atoms with Gasteiger partial charge < -0.3 is 45.5 Å². The number of likely N-dealkylation sites (N-methyl/N-ethyl adjacent to an activating group) is 1. The van der Waals surface area contributed by atoms with Gasteiger partial charge in [0.15, 0.2) is 17.7 Å². The van der Waals surface area contributed by atoms with Gasteiger partial charge in [-0.25, -0.2) is 4.79 Å². The van der Waals surface area contributed by atoms with Crippen molar-refractivity contribution in [3.8, 4) is 0 Å². The van der Waals surface area contributed by atoms with Gasteiger partial charge in [-0.05, 0) is 58.4 Å². The number of benzene rings is 1. The minimum atomic E-state index is -1.76. The molecule has 15 heteroatoms. The third-order valence-corrected chi connectivity index (χ3v) is 9.10. The van der Waals surface area contributed by atoms with Gasteiger partial charge in [0.05, 0.1) is 36.8 Å². The molecule has 0 aromatic heterocycles. The van der Waals surface area contributed by atoms with Gasteiger partial charge in [-0.1, -0.05) is 64.4 Å². The van der Waals surface area contributed by atoms with Gasteiger partial charge in [0.1, 0.15) is 11.6 Å². The molecule has 0 spiro atoms. The van der Waals surface area contributed by atoms with Crippen LogP contribution in [0.4, 0.5) is 4.79 Å². The Morgan fingerprint density at radius 1 is 0.962 bits per heavy atom. The molecule has 15 nitrogen and oxygen atoms in total. The summed E-state index contributed by atoms with van der Waals surface area (Å²) in [5.74, 6) is -6.04. The molecule has 1 saturated heterocycles. The Morgan fingerprint density at radius 2 is 1.58 bits per heavy atom. The molecule has 1 saturated carbocycles. The number of hydrogen-bond acceptors (Lipinski definition) is 10. The van der Waals surface area contributed by atoms with E-state index in [0.29, 0.717) is 12.0 Å². The fraction of sp³-hybridized carbons (Fsp3) is 0.684. The third kappa shape index (κ3) is 11.7. The van der Waals surface area contributed by atoms with Crippen LogP contribution in [0.15, 0.2) is 30.3 Å². The number of rotatable bonds is 14. The monoisotopic (exact) mass is 745 g/mol. The van der Waals surface area contributed by atoms with Crippen LogP contribution >= 0.6 is 0 Å². The summed E-state index contributed by atoms with van der Waals surface area (Å²) >= 11 is 0. The number of ether oxygens (including phenoxy) is 3. The zero-order chi connectivity index (χ0) is 40.1. The minimum absolute atomic E-state index is 0.143. The van der Waals surface area contributed by atoms with Crippen LogP contribution in [-0.2, 0) is 38.2 Å². The highest BCUT2D eigenvalue weighted by Gasteiger charge is 2.59. The highest BCUT2D eigenvalue weighted by Crippen LogP contribution is 2.46. The summed E-state index contributed by atoms with van der Waals surface area (Å²) in [6.07, 6.45) is -3.16. The number of carbonyl (C=O) groups excluding carboxylic acids is 6. The van der Waals surface area contributed by atoms with Gasteiger partial charge in [0.2, 0.25) is 17.7 Å². The van der Waals surface area contributed by atoms with Gasteiger partial charge in [-0.15, -0.1) is 0 Å². The third-order valence-electron chi connectivity index (χ3n) is 9.10. The lowest BCUT2D eigenvalue weighted by Gasteiger charge is -2.35. The number of ketones is 1. The number of hydrogen-bond donors (Lipinski definition) is 5. The van der Waals surface area contributed by atoms with Gasteiger partial charge in [-0.3, -0.25) is 24.0 Å². The maximum absolute atomic E-state index is 14.3. The van der Waals surface area contributed by atoms with Crippen LogP contribution in [0, 0.1) is 17.3 Å². The number of nitrogens with one attached hydrogen (secondary N) is 4. The van der Waals surface area contributed by atoms with E-state index in [-0.39, 0.29) is 18.7 Å². The molecule has 1 aromatic carbocycles. The van der Waals surface area contributed by atoms with Crippen LogP contribution in [0.5, 0.6) is 0 Å². The number of Topliss-reactive ketones (excluding diaryl/α,β-unsaturated/α-hetero) is 1. The quantitative estimate of drug-likeness (QED) is 0.188. The molecule has 2 aliphatic rings. The topological polar surface area (TPSA) is 202 Å². The molecule has 2 fully saturated rings. The summed E-state index contributed by atoms with van der Waals surface area (Å²) in [6.45, 7) is 15.2. The zero-order valence-electron chi connectivity index (χ0n) is 32.9. The summed E-state index contributed by atoms with van der Waals surface area (Å²) in [7, 11) is 3.12. The van der Waals surface area contributed by atoms with Crippen molar-refractivity contribution in [3.63, 3.8) is 0 Å². The number of aliphatic hydroxyl groups is 1. The Hall–Kier alpha value is -4.08. The smallest absolute Gasteiger partial charge is 0.408 e. The second-order valence-electron chi connectivity index (χ2n) is 16.6. The fourth-order valence-electron chi connectivity index (χ4n) is 6.71. The average molecular weight is 746 g/mol. The molecule has 5 N–H and O–H groups in total. The van der Waals surface area contributed by atoms with Crippen LogP contribution in [-0.4, -0.2) is 108 Å². The van der Waals surface area contributed by atoms with Crippen LogP contribution in [0.3, 0.4) is 0 Å². The Morgan fingerprint density at radius 3 is 2.13 bits per heavy atom. The van der Waals surface area contributed by atoms with Crippen molar-refractivity contribution in [1.29, 1.82) is 0 Å². The first kappa shape index (κ1) is 43.3. The van der Waals surface area contributed by atoms with Gasteiger partial charge in [0, 0.05) is 20.0 Å². The Bertz CT molecular complexity index is 1490. The highest BCUT2D eigenvalue weighted by molar-refractivity contribution is 5.96. The van der Waals surface area contributed by atoms with Crippen LogP contribution in [0.1, 0.15) is 93.2 Å². The number of aliphatic hydroxyl groups excluding tert-OH is 1. The molecule has 0 radical (unpaired) electrons. The lowest BCUT2D eigenvalue weighted by molar-refractivity contribution is -0.167. The molecule has 53 heavy (non-hydrogen) atoms. The van der Waals surface area contributed by atoms with Crippen molar-refractivity contribution in [1.82, 2.24) is 26.2 Å². The fourth-order valence-corrected chi connectivity index (χ4v) is 6.71. The minimum Gasteiger partial charge on any atom is -0.444 e. The molecular formula is C38H59N5O10. The van der Waals surface area contributed by atoms with E-state index in [1.807, 2.05) is 6.92 Å². The normalized spacial score (nSPS) is 23.0. The van der Waals surface area contributed by atoms with E-state index in [1.165, 1.54) is 4.90 Å². The van der Waals surface area contributed by atoms with E-state index in [9.17, 15) is 33.9 Å². The number of amides is 5. The van der Waals surface area contributed by atoms with Crippen molar-refractivity contribution in [2.45, 2.75) is 129 Å². The number of nitrogens with zero attached hydrogens (tertiary/aromatic N) is 1. The van der Waals surface area contributed by atoms with Crippen molar-refractivity contribution in [2.75, 3.05) is 20.6 Å². The maximum atomic E-state index is 14.3. The Balaban J connectivity index is 1.78. The van der Waals surface area contributed by atoms with E-state index in [1.54, 1.807) is 99.8 Å².